The molecule has 1 N–H and O–H groups in total. The van der Waals surface area contributed by atoms with Crippen LogP contribution in [0.1, 0.15) is 32.3 Å². The largest absolute Gasteiger partial charge is 0.416 e. The van der Waals surface area contributed by atoms with Crippen LogP contribution in [0.5, 0.6) is 0 Å². The van der Waals surface area contributed by atoms with E-state index in [0.29, 0.717) is 18.3 Å². The molecule has 1 aromatic heterocycles. The maximum Gasteiger partial charge on any atom is 0.412 e. The number of rotatable bonds is 6. The van der Waals surface area contributed by atoms with Gasteiger partial charge in [-0.1, -0.05) is 18.2 Å². The average molecular weight is 452 g/mol. The first kappa shape index (κ1) is 23.2. The lowest BCUT2D eigenvalue weighted by Crippen LogP contribution is -2.49. The van der Waals surface area contributed by atoms with Gasteiger partial charge in [0, 0.05) is 56.7 Å². The Bertz CT molecular complexity index is 949. The highest BCUT2D eigenvalue weighted by Crippen LogP contribution is 2.23. The molecule has 2 fully saturated rings. The molecule has 0 atom stereocenters. The summed E-state index contributed by atoms with van der Waals surface area (Å²) in [5.74, 6) is 1.36. The molecular formula is C25H33N5O3. The van der Waals surface area contributed by atoms with Crippen molar-refractivity contribution in [1.82, 2.24) is 20.2 Å². The molecule has 0 saturated carbocycles. The maximum absolute atomic E-state index is 11.8. The molecule has 0 bridgehead atoms. The van der Waals surface area contributed by atoms with E-state index in [9.17, 15) is 4.79 Å². The van der Waals surface area contributed by atoms with Gasteiger partial charge in [0.15, 0.2) is 0 Å². The lowest BCUT2D eigenvalue weighted by Gasteiger charge is -2.40. The molecule has 0 radical (unpaired) electrons. The first-order valence-electron chi connectivity index (χ1n) is 11.7. The number of nitrogens with zero attached hydrogens (tertiary/aromatic N) is 4. The van der Waals surface area contributed by atoms with Crippen LogP contribution in [0.3, 0.4) is 0 Å². The predicted molar refractivity (Wildman–Crippen MR) is 128 cm³/mol. The topological polar surface area (TPSA) is 79.8 Å². The van der Waals surface area contributed by atoms with Crippen molar-refractivity contribution in [3.63, 3.8) is 0 Å². The Morgan fingerprint density at radius 1 is 1.15 bits per heavy atom. The average Bonchev–Trinajstić information content (AvgIpc) is 2.88. The number of carbonyl (C=O) groups is 1. The van der Waals surface area contributed by atoms with Gasteiger partial charge in [-0.25, -0.2) is 14.8 Å². The molecule has 2 aromatic rings. The summed E-state index contributed by atoms with van der Waals surface area (Å²) < 4.78 is 10.6. The molecule has 0 aliphatic carbocycles. The number of alkyl carbamates (subject to hydrolysis) is 1. The molecule has 2 aliphatic rings. The van der Waals surface area contributed by atoms with E-state index >= 15 is 0 Å². The fourth-order valence-electron chi connectivity index (χ4n) is 4.28. The second-order valence-corrected chi connectivity index (χ2v) is 8.48. The van der Waals surface area contributed by atoms with Crippen LogP contribution in [-0.4, -0.2) is 66.4 Å². The van der Waals surface area contributed by atoms with Gasteiger partial charge in [0.1, 0.15) is 5.76 Å². The molecule has 176 valence electrons. The van der Waals surface area contributed by atoms with Crippen molar-refractivity contribution in [2.24, 2.45) is 0 Å². The number of carbonyl (C=O) groups excluding carboxylic acids is 1. The molecule has 0 unspecified atom stereocenters. The lowest BCUT2D eigenvalue weighted by atomic mass is 10.0. The van der Waals surface area contributed by atoms with Gasteiger partial charge < -0.3 is 19.7 Å². The van der Waals surface area contributed by atoms with Gasteiger partial charge in [0.2, 0.25) is 5.95 Å². The smallest absolute Gasteiger partial charge is 0.412 e. The minimum absolute atomic E-state index is 0.390. The van der Waals surface area contributed by atoms with Crippen molar-refractivity contribution in [2.75, 3.05) is 44.3 Å². The fourth-order valence-corrected chi connectivity index (χ4v) is 4.28. The van der Waals surface area contributed by atoms with Crippen molar-refractivity contribution in [3.05, 3.63) is 54.1 Å². The number of piperidine rings is 1. The highest BCUT2D eigenvalue weighted by molar-refractivity contribution is 5.68. The summed E-state index contributed by atoms with van der Waals surface area (Å²) in [4.78, 5) is 26.0. The molecular weight excluding hydrogens is 418 g/mol. The number of amides is 1. The maximum atomic E-state index is 11.8. The number of hydrogen-bond donors (Lipinski definition) is 1. The van der Waals surface area contributed by atoms with Gasteiger partial charge >= 0.3 is 6.09 Å². The minimum atomic E-state index is -0.457. The number of ether oxygens (including phenoxy) is 2. The zero-order valence-electron chi connectivity index (χ0n) is 19.5. The van der Waals surface area contributed by atoms with Crippen molar-refractivity contribution < 1.29 is 14.3 Å². The Kier molecular flexibility index (Phi) is 7.91. The van der Waals surface area contributed by atoms with E-state index in [4.69, 9.17) is 9.47 Å². The molecule has 8 nitrogen and oxygen atoms in total. The van der Waals surface area contributed by atoms with Crippen molar-refractivity contribution >= 4 is 12.0 Å². The van der Waals surface area contributed by atoms with Gasteiger partial charge in [-0.15, -0.1) is 0 Å². The van der Waals surface area contributed by atoms with Crippen LogP contribution < -0.4 is 10.2 Å². The van der Waals surface area contributed by atoms with E-state index in [1.807, 2.05) is 43.6 Å². The van der Waals surface area contributed by atoms with Crippen LogP contribution in [0.2, 0.25) is 0 Å². The van der Waals surface area contributed by atoms with E-state index in [-0.39, 0.29) is 0 Å². The quantitative estimate of drug-likeness (QED) is 0.672. The highest BCUT2D eigenvalue weighted by atomic mass is 16.6. The van der Waals surface area contributed by atoms with Gasteiger partial charge in [-0.3, -0.25) is 4.90 Å². The van der Waals surface area contributed by atoms with Gasteiger partial charge in [-0.2, -0.15) is 0 Å². The number of allylic oxidation sites excluding steroid dienone is 2. The highest BCUT2D eigenvalue weighted by Gasteiger charge is 2.26. The Labute approximate surface area is 195 Å². The molecule has 8 heteroatoms. The van der Waals surface area contributed by atoms with Crippen LogP contribution in [0.15, 0.2) is 48.5 Å². The van der Waals surface area contributed by atoms with Crippen molar-refractivity contribution in [3.8, 4) is 11.1 Å². The normalized spacial score (nSPS) is 18.2. The first-order chi connectivity index (χ1) is 16.1. The third-order valence-corrected chi connectivity index (χ3v) is 6.30. The van der Waals surface area contributed by atoms with Gasteiger partial charge in [0.05, 0.1) is 13.2 Å². The van der Waals surface area contributed by atoms with E-state index in [0.717, 1.165) is 74.9 Å². The predicted octanol–water partition coefficient (Wildman–Crippen LogP) is 3.59. The SMILES string of the molecule is C/C=C(\C)OC(=O)NCc1cccc(-c2cnc(N3CCC(N4CCOCC4)CC3)nc2)c1. The standard InChI is InChI=1S/C25H33N5O3/c1-3-19(2)33-25(31)28-16-20-5-4-6-21(15-20)22-17-26-24(27-18-22)30-9-7-23(8-10-30)29-11-13-32-14-12-29/h3-6,15,17-18,23H,7-14,16H2,1-2H3,(H,28,31)/b19-3+. The summed E-state index contributed by atoms with van der Waals surface area (Å²) in [6.45, 7) is 9.70. The number of morpholine rings is 1. The van der Waals surface area contributed by atoms with E-state index in [1.54, 1.807) is 13.0 Å². The van der Waals surface area contributed by atoms with E-state index in [2.05, 4.69) is 25.1 Å². The summed E-state index contributed by atoms with van der Waals surface area (Å²) in [5, 5.41) is 2.77. The summed E-state index contributed by atoms with van der Waals surface area (Å²) in [6.07, 6.45) is 7.32. The van der Waals surface area contributed by atoms with Gasteiger partial charge in [-0.05, 0) is 50.0 Å². The zero-order chi connectivity index (χ0) is 23.0. The van der Waals surface area contributed by atoms with Crippen LogP contribution in [0.4, 0.5) is 10.7 Å². The third kappa shape index (κ3) is 6.30. The number of hydrogen-bond acceptors (Lipinski definition) is 7. The van der Waals surface area contributed by atoms with Crippen LogP contribution in [0, 0.1) is 0 Å². The van der Waals surface area contributed by atoms with Crippen LogP contribution in [0.25, 0.3) is 11.1 Å². The first-order valence-corrected chi connectivity index (χ1v) is 11.7. The Balaban J connectivity index is 1.32. The second kappa shape index (κ2) is 11.2. The minimum Gasteiger partial charge on any atom is -0.416 e. The number of anilines is 1. The Hall–Kier alpha value is -2.97. The monoisotopic (exact) mass is 451 g/mol. The van der Waals surface area contributed by atoms with Gasteiger partial charge in [0.25, 0.3) is 0 Å². The molecule has 3 heterocycles. The van der Waals surface area contributed by atoms with E-state index < -0.39 is 6.09 Å². The number of nitrogens with one attached hydrogen (secondary N) is 1. The zero-order valence-corrected chi connectivity index (χ0v) is 19.5. The molecule has 1 aromatic carbocycles. The summed E-state index contributed by atoms with van der Waals surface area (Å²) in [5.41, 5.74) is 2.96. The van der Waals surface area contributed by atoms with E-state index in [1.165, 1.54) is 0 Å². The Morgan fingerprint density at radius 3 is 2.58 bits per heavy atom. The van der Waals surface area contributed by atoms with Crippen LogP contribution >= 0.6 is 0 Å². The fraction of sp³-hybridized carbons (Fsp3) is 0.480. The molecule has 1 amide bonds. The van der Waals surface area contributed by atoms with Crippen molar-refractivity contribution in [2.45, 2.75) is 39.3 Å². The Morgan fingerprint density at radius 2 is 1.88 bits per heavy atom. The molecule has 0 spiro atoms. The summed E-state index contributed by atoms with van der Waals surface area (Å²) >= 11 is 0. The van der Waals surface area contributed by atoms with Crippen molar-refractivity contribution in [1.29, 1.82) is 0 Å². The molecule has 2 saturated heterocycles. The van der Waals surface area contributed by atoms with Crippen LogP contribution in [-0.2, 0) is 16.0 Å². The molecule has 2 aliphatic heterocycles. The lowest BCUT2D eigenvalue weighted by molar-refractivity contribution is 0.0114. The summed E-state index contributed by atoms with van der Waals surface area (Å²) in [7, 11) is 0. The summed E-state index contributed by atoms with van der Waals surface area (Å²) in [6, 6.07) is 8.65. The second-order valence-electron chi connectivity index (χ2n) is 8.48. The molecule has 33 heavy (non-hydrogen) atoms. The number of aromatic nitrogens is 2. The third-order valence-electron chi connectivity index (χ3n) is 6.30. The molecule has 4 rings (SSSR count). The number of benzene rings is 1.